The Morgan fingerprint density at radius 1 is 1.03 bits per heavy atom. The maximum Gasteiger partial charge on any atom is 0.338 e. The van der Waals surface area contributed by atoms with Crippen molar-refractivity contribution >= 4 is 29.4 Å². The molecule has 1 saturated heterocycles. The molecule has 2 aromatic carbocycles. The average molecular weight is 538 g/mol. The Balaban J connectivity index is 1.57. The fraction of sp³-hybridized carbons (Fsp3) is 0.321. The standard InChI is InChI=1S/C28H31N3O6S/c1-3-29-28(35)31-21-12-10-20(11-13-21)27-36-23(16-38-25-22(26(33)34)5-4-14-30-25)17(2)24(37-27)19-8-6-18(15-32)7-9-19/h4-14,17,23-24,27,32H,3,15-16H2,1-2H3,(H,33,34)(H2,29,31,35)/t17-,23+,24+,27+/m1/s1. The number of thioether (sulfide) groups is 1. The molecule has 1 aliphatic rings. The van der Waals surface area contributed by atoms with Gasteiger partial charge in [0, 0.05) is 35.7 Å². The number of aromatic nitrogens is 1. The number of aliphatic hydroxyl groups excluding tert-OH is 1. The third kappa shape index (κ3) is 6.70. The van der Waals surface area contributed by atoms with Crippen LogP contribution in [0.4, 0.5) is 10.5 Å². The summed E-state index contributed by atoms with van der Waals surface area (Å²) in [5.41, 5.74) is 3.35. The summed E-state index contributed by atoms with van der Waals surface area (Å²) in [6, 6.07) is 17.8. The molecule has 1 aromatic heterocycles. The lowest BCUT2D eigenvalue weighted by atomic mass is 9.91. The van der Waals surface area contributed by atoms with Crippen molar-refractivity contribution < 1.29 is 29.3 Å². The smallest absolute Gasteiger partial charge is 0.338 e. The lowest BCUT2D eigenvalue weighted by Crippen LogP contribution is -2.38. The summed E-state index contributed by atoms with van der Waals surface area (Å²) in [7, 11) is 0. The molecule has 0 spiro atoms. The van der Waals surface area contributed by atoms with E-state index in [-0.39, 0.29) is 36.3 Å². The van der Waals surface area contributed by atoms with E-state index in [0.717, 1.165) is 16.7 Å². The van der Waals surface area contributed by atoms with Gasteiger partial charge in [0.25, 0.3) is 0 Å². The molecular weight excluding hydrogens is 506 g/mol. The first-order valence-corrected chi connectivity index (χ1v) is 13.3. The number of amides is 2. The van der Waals surface area contributed by atoms with Gasteiger partial charge in [-0.1, -0.05) is 43.3 Å². The van der Waals surface area contributed by atoms with E-state index in [2.05, 4.69) is 15.6 Å². The van der Waals surface area contributed by atoms with Gasteiger partial charge < -0.3 is 30.3 Å². The Hall–Kier alpha value is -3.44. The van der Waals surface area contributed by atoms with Crippen molar-refractivity contribution in [2.45, 2.75) is 44.0 Å². The average Bonchev–Trinajstić information content (AvgIpc) is 2.93. The molecule has 1 aliphatic heterocycles. The van der Waals surface area contributed by atoms with Crippen LogP contribution in [0.15, 0.2) is 71.9 Å². The van der Waals surface area contributed by atoms with Crippen LogP contribution in [-0.4, -0.2) is 45.6 Å². The van der Waals surface area contributed by atoms with Crippen LogP contribution in [0.2, 0.25) is 0 Å². The number of carbonyl (C=O) groups is 2. The monoisotopic (exact) mass is 537 g/mol. The van der Waals surface area contributed by atoms with Crippen LogP contribution in [0, 0.1) is 5.92 Å². The van der Waals surface area contributed by atoms with E-state index in [1.54, 1.807) is 24.4 Å². The van der Waals surface area contributed by atoms with Crippen LogP contribution < -0.4 is 10.6 Å². The number of carboxylic acids is 1. The number of ether oxygens (including phenoxy) is 2. The predicted molar refractivity (Wildman–Crippen MR) is 144 cm³/mol. The minimum atomic E-state index is -1.03. The number of benzene rings is 2. The molecule has 1 fully saturated rings. The van der Waals surface area contributed by atoms with Gasteiger partial charge in [0.1, 0.15) is 5.03 Å². The zero-order valence-corrected chi connectivity index (χ0v) is 22.0. The van der Waals surface area contributed by atoms with E-state index < -0.39 is 12.3 Å². The molecule has 0 aliphatic carbocycles. The van der Waals surface area contributed by atoms with Crippen molar-refractivity contribution in [2.75, 3.05) is 17.6 Å². The first kappa shape index (κ1) is 27.6. The summed E-state index contributed by atoms with van der Waals surface area (Å²) in [4.78, 5) is 27.8. The third-order valence-electron chi connectivity index (χ3n) is 6.29. The van der Waals surface area contributed by atoms with Crippen LogP contribution in [0.25, 0.3) is 0 Å². The zero-order valence-electron chi connectivity index (χ0n) is 21.2. The summed E-state index contributed by atoms with van der Waals surface area (Å²) in [6.45, 7) is 4.37. The molecule has 200 valence electrons. The number of urea groups is 1. The highest BCUT2D eigenvalue weighted by Gasteiger charge is 2.38. The Labute approximate surface area is 225 Å². The first-order valence-electron chi connectivity index (χ1n) is 12.4. The van der Waals surface area contributed by atoms with Gasteiger partial charge in [-0.05, 0) is 42.3 Å². The molecule has 4 atom stereocenters. The number of pyridine rings is 1. The number of nitrogens with one attached hydrogen (secondary N) is 2. The second kappa shape index (κ2) is 12.9. The van der Waals surface area contributed by atoms with Crippen LogP contribution in [0.3, 0.4) is 0 Å². The van der Waals surface area contributed by atoms with E-state index >= 15 is 0 Å². The fourth-order valence-electron chi connectivity index (χ4n) is 4.20. The van der Waals surface area contributed by atoms with Gasteiger partial charge in [-0.25, -0.2) is 14.6 Å². The number of anilines is 1. The number of carbonyl (C=O) groups excluding carboxylic acids is 1. The van der Waals surface area contributed by atoms with E-state index in [1.807, 2.05) is 50.2 Å². The molecule has 0 saturated carbocycles. The predicted octanol–water partition coefficient (Wildman–Crippen LogP) is 5.00. The lowest BCUT2D eigenvalue weighted by molar-refractivity contribution is -0.268. The highest BCUT2D eigenvalue weighted by molar-refractivity contribution is 7.99. The zero-order chi connectivity index (χ0) is 27.1. The summed E-state index contributed by atoms with van der Waals surface area (Å²) in [5, 5.41) is 24.9. The van der Waals surface area contributed by atoms with Crippen molar-refractivity contribution in [3.8, 4) is 0 Å². The van der Waals surface area contributed by atoms with Gasteiger partial charge in [0.2, 0.25) is 0 Å². The summed E-state index contributed by atoms with van der Waals surface area (Å²) >= 11 is 1.34. The van der Waals surface area contributed by atoms with E-state index in [1.165, 1.54) is 17.8 Å². The van der Waals surface area contributed by atoms with Crippen molar-refractivity contribution in [2.24, 2.45) is 5.92 Å². The Bertz CT molecular complexity index is 1240. The number of carboxylic acid groups (broad SMARTS) is 1. The number of hydrogen-bond donors (Lipinski definition) is 4. The second-order valence-corrected chi connectivity index (χ2v) is 9.91. The minimum absolute atomic E-state index is 0.0427. The molecule has 38 heavy (non-hydrogen) atoms. The largest absolute Gasteiger partial charge is 0.478 e. The molecule has 2 amide bonds. The van der Waals surface area contributed by atoms with Gasteiger partial charge >= 0.3 is 12.0 Å². The number of aromatic carboxylic acids is 1. The van der Waals surface area contributed by atoms with Crippen LogP contribution in [0.1, 0.15) is 53.3 Å². The van der Waals surface area contributed by atoms with Gasteiger partial charge in [-0.15, -0.1) is 11.8 Å². The fourth-order valence-corrected chi connectivity index (χ4v) is 5.35. The Kier molecular flexibility index (Phi) is 9.35. The highest BCUT2D eigenvalue weighted by Crippen LogP contribution is 2.43. The summed E-state index contributed by atoms with van der Waals surface area (Å²) < 4.78 is 12.8. The molecule has 0 radical (unpaired) electrons. The van der Waals surface area contributed by atoms with E-state index in [0.29, 0.717) is 23.0 Å². The van der Waals surface area contributed by atoms with Crippen LogP contribution in [0.5, 0.6) is 0 Å². The van der Waals surface area contributed by atoms with Crippen LogP contribution >= 0.6 is 11.8 Å². The van der Waals surface area contributed by atoms with E-state index in [9.17, 15) is 19.8 Å². The van der Waals surface area contributed by atoms with Gasteiger partial charge in [-0.3, -0.25) is 0 Å². The summed E-state index contributed by atoms with van der Waals surface area (Å²) in [6.07, 6.45) is 0.315. The first-order chi connectivity index (χ1) is 18.4. The Morgan fingerprint density at radius 2 is 1.74 bits per heavy atom. The molecule has 10 heteroatoms. The molecular formula is C28H31N3O6S. The molecule has 4 N–H and O–H groups in total. The normalized spacial score (nSPS) is 21.0. The minimum Gasteiger partial charge on any atom is -0.478 e. The molecule has 3 aromatic rings. The maximum atomic E-state index is 11.8. The van der Waals surface area contributed by atoms with Crippen molar-refractivity contribution in [3.63, 3.8) is 0 Å². The quantitative estimate of drug-likeness (QED) is 0.281. The van der Waals surface area contributed by atoms with Crippen molar-refractivity contribution in [1.29, 1.82) is 0 Å². The molecule has 0 bridgehead atoms. The third-order valence-corrected chi connectivity index (χ3v) is 7.38. The van der Waals surface area contributed by atoms with Crippen molar-refractivity contribution in [3.05, 3.63) is 89.1 Å². The lowest BCUT2D eigenvalue weighted by Gasteiger charge is -2.41. The molecule has 0 unspecified atom stereocenters. The number of nitrogens with zero attached hydrogens (tertiary/aromatic N) is 1. The Morgan fingerprint density at radius 3 is 2.39 bits per heavy atom. The SMILES string of the molecule is CCNC(=O)Nc1ccc([C@H]2O[C@@H](CSc3ncccc3C(=O)O)[C@@H](C)[C@@H](c3ccc(CO)cc3)O2)cc1. The maximum absolute atomic E-state index is 11.8. The van der Waals surface area contributed by atoms with Gasteiger partial charge in [-0.2, -0.15) is 0 Å². The van der Waals surface area contributed by atoms with E-state index in [4.69, 9.17) is 9.47 Å². The topological polar surface area (TPSA) is 130 Å². The number of hydrogen-bond acceptors (Lipinski definition) is 7. The molecule has 2 heterocycles. The number of rotatable bonds is 9. The highest BCUT2D eigenvalue weighted by atomic mass is 32.2. The molecule has 4 rings (SSSR count). The van der Waals surface area contributed by atoms with Crippen molar-refractivity contribution in [1.82, 2.24) is 10.3 Å². The van der Waals surface area contributed by atoms with Crippen LogP contribution in [-0.2, 0) is 16.1 Å². The summed E-state index contributed by atoms with van der Waals surface area (Å²) in [5.74, 6) is -0.614. The van der Waals surface area contributed by atoms with Gasteiger partial charge in [0.05, 0.1) is 24.4 Å². The number of aliphatic hydroxyl groups is 1. The second-order valence-electron chi connectivity index (χ2n) is 8.90. The molecule has 9 nitrogen and oxygen atoms in total. The van der Waals surface area contributed by atoms with Gasteiger partial charge in [0.15, 0.2) is 6.29 Å².